The maximum atomic E-state index is 12.0. The molecule has 0 saturated heterocycles. The van der Waals surface area contributed by atoms with Gasteiger partial charge in [0.05, 0.1) is 17.6 Å². The summed E-state index contributed by atoms with van der Waals surface area (Å²) in [7, 11) is 0.348. The van der Waals surface area contributed by atoms with Crippen molar-refractivity contribution < 1.29 is 8.95 Å². The summed E-state index contributed by atoms with van der Waals surface area (Å²) < 4.78 is 22.1. The first-order valence-electron chi connectivity index (χ1n) is 5.57. The van der Waals surface area contributed by atoms with Crippen LogP contribution in [-0.4, -0.2) is 21.8 Å². The van der Waals surface area contributed by atoms with Gasteiger partial charge in [0.25, 0.3) is 0 Å². The summed E-state index contributed by atoms with van der Waals surface area (Å²) in [5.41, 5.74) is 1.57. The Labute approximate surface area is 119 Å². The lowest BCUT2D eigenvalue weighted by Crippen LogP contribution is -2.20. The Balaban J connectivity index is 3.15. The molecular formula is C13H18BrNO2S. The van der Waals surface area contributed by atoms with Crippen LogP contribution in [-0.2, 0) is 11.0 Å². The van der Waals surface area contributed by atoms with Crippen molar-refractivity contribution in [2.24, 2.45) is 4.40 Å². The second-order valence-corrected chi connectivity index (χ2v) is 7.70. The fourth-order valence-corrected chi connectivity index (χ4v) is 2.24. The third kappa shape index (κ3) is 3.92. The number of methoxy groups -OCH3 is 1. The third-order valence-electron chi connectivity index (χ3n) is 2.30. The number of ether oxygens (including phenoxy) is 1. The lowest BCUT2D eigenvalue weighted by molar-refractivity contribution is 0.413. The molecule has 0 spiro atoms. The third-order valence-corrected chi connectivity index (χ3v) is 4.28. The van der Waals surface area contributed by atoms with E-state index in [0.29, 0.717) is 5.71 Å². The minimum absolute atomic E-state index is 0.357. The first-order chi connectivity index (χ1) is 8.25. The fourth-order valence-electron chi connectivity index (χ4n) is 1.27. The quantitative estimate of drug-likeness (QED) is 0.791. The molecule has 100 valence electrons. The van der Waals surface area contributed by atoms with Crippen molar-refractivity contribution in [2.75, 3.05) is 7.11 Å². The minimum Gasteiger partial charge on any atom is -0.496 e. The summed E-state index contributed by atoms with van der Waals surface area (Å²) in [6.45, 7) is 7.55. The summed E-state index contributed by atoms with van der Waals surface area (Å²) in [6.07, 6.45) is 0. The first kappa shape index (κ1) is 15.4. The van der Waals surface area contributed by atoms with E-state index in [0.717, 1.165) is 15.8 Å². The van der Waals surface area contributed by atoms with Gasteiger partial charge in [0.1, 0.15) is 16.7 Å². The van der Waals surface area contributed by atoms with Crippen molar-refractivity contribution in [2.45, 2.75) is 32.4 Å². The monoisotopic (exact) mass is 331 g/mol. The van der Waals surface area contributed by atoms with E-state index in [2.05, 4.69) is 20.3 Å². The largest absolute Gasteiger partial charge is 0.496 e. The van der Waals surface area contributed by atoms with Gasteiger partial charge in [-0.05, 0) is 45.9 Å². The van der Waals surface area contributed by atoms with Crippen LogP contribution in [0.3, 0.4) is 0 Å². The molecule has 0 saturated carbocycles. The average Bonchev–Trinajstić information content (AvgIpc) is 2.27. The predicted octanol–water partition coefficient (Wildman–Crippen LogP) is 3.73. The van der Waals surface area contributed by atoms with Gasteiger partial charge >= 0.3 is 0 Å². The van der Waals surface area contributed by atoms with E-state index in [-0.39, 0.29) is 4.75 Å². The van der Waals surface area contributed by atoms with Crippen molar-refractivity contribution in [3.8, 4) is 5.75 Å². The Morgan fingerprint density at radius 1 is 1.39 bits per heavy atom. The molecule has 5 heteroatoms. The highest BCUT2D eigenvalue weighted by Crippen LogP contribution is 2.25. The van der Waals surface area contributed by atoms with E-state index in [9.17, 15) is 4.21 Å². The molecule has 0 unspecified atom stereocenters. The molecule has 1 atom stereocenters. The maximum Gasteiger partial charge on any atom is 0.145 e. The van der Waals surface area contributed by atoms with Crippen LogP contribution in [0, 0.1) is 0 Å². The van der Waals surface area contributed by atoms with Crippen LogP contribution in [0.4, 0.5) is 0 Å². The van der Waals surface area contributed by atoms with Crippen molar-refractivity contribution in [1.82, 2.24) is 0 Å². The zero-order valence-corrected chi connectivity index (χ0v) is 13.7. The lowest BCUT2D eigenvalue weighted by atomic mass is 10.1. The summed E-state index contributed by atoms with van der Waals surface area (Å²) in [5.74, 6) is 0.719. The molecule has 3 nitrogen and oxygen atoms in total. The number of halogens is 1. The smallest absolute Gasteiger partial charge is 0.145 e. The van der Waals surface area contributed by atoms with Gasteiger partial charge in [0.2, 0.25) is 0 Å². The van der Waals surface area contributed by atoms with Crippen LogP contribution >= 0.6 is 15.9 Å². The van der Waals surface area contributed by atoms with Gasteiger partial charge in [-0.15, -0.1) is 0 Å². The Morgan fingerprint density at radius 2 is 2.00 bits per heavy atom. The Hall–Kier alpha value is -0.680. The molecule has 0 bridgehead atoms. The summed E-state index contributed by atoms with van der Waals surface area (Å²) in [6, 6.07) is 5.69. The standard InChI is InChI=1S/C13H18BrNO2S/c1-9(15-18(16)13(2,3)4)11-7-6-10(14)8-12(11)17-5/h6-8H,1-5H3/t18-/m1/s1. The van der Waals surface area contributed by atoms with Gasteiger partial charge < -0.3 is 4.74 Å². The maximum absolute atomic E-state index is 12.0. The second kappa shape index (κ2) is 5.97. The van der Waals surface area contributed by atoms with Crippen LogP contribution in [0.15, 0.2) is 27.1 Å². The molecule has 0 aliphatic rings. The van der Waals surface area contributed by atoms with Gasteiger partial charge in [-0.1, -0.05) is 15.9 Å². The van der Waals surface area contributed by atoms with Gasteiger partial charge in [0.15, 0.2) is 0 Å². The summed E-state index contributed by atoms with van der Waals surface area (Å²) in [4.78, 5) is 0. The van der Waals surface area contributed by atoms with Crippen LogP contribution < -0.4 is 4.74 Å². The Morgan fingerprint density at radius 3 is 2.50 bits per heavy atom. The Kier molecular flexibility index (Phi) is 5.10. The predicted molar refractivity (Wildman–Crippen MR) is 80.8 cm³/mol. The molecule has 0 amide bonds. The highest BCUT2D eigenvalue weighted by Gasteiger charge is 2.19. The van der Waals surface area contributed by atoms with Gasteiger partial charge in [-0.3, -0.25) is 0 Å². The SMILES string of the molecule is COc1cc(Br)ccc1C(C)=N[S@](=O)C(C)(C)C. The van der Waals surface area contributed by atoms with Gasteiger partial charge in [0, 0.05) is 10.0 Å². The van der Waals surface area contributed by atoms with E-state index in [4.69, 9.17) is 4.74 Å². The minimum atomic E-state index is -1.26. The molecule has 18 heavy (non-hydrogen) atoms. The number of hydrogen-bond acceptors (Lipinski definition) is 2. The average molecular weight is 332 g/mol. The molecule has 0 radical (unpaired) electrons. The molecule has 1 aromatic carbocycles. The number of rotatable bonds is 3. The molecule has 0 N–H and O–H groups in total. The normalized spacial score (nSPS) is 14.4. The highest BCUT2D eigenvalue weighted by molar-refractivity contribution is 9.10. The second-order valence-electron chi connectivity index (χ2n) is 4.88. The van der Waals surface area contributed by atoms with Crippen LogP contribution in [0.5, 0.6) is 5.75 Å². The number of benzene rings is 1. The Bertz CT molecular complexity index is 492. The zero-order chi connectivity index (χ0) is 13.9. The van der Waals surface area contributed by atoms with Crippen LogP contribution in [0.1, 0.15) is 33.3 Å². The van der Waals surface area contributed by atoms with Crippen molar-refractivity contribution in [3.63, 3.8) is 0 Å². The van der Waals surface area contributed by atoms with Crippen LogP contribution in [0.2, 0.25) is 0 Å². The molecule has 0 fully saturated rings. The molecule has 1 aromatic rings. The van der Waals surface area contributed by atoms with E-state index < -0.39 is 11.0 Å². The van der Waals surface area contributed by atoms with E-state index >= 15 is 0 Å². The first-order valence-corrected chi connectivity index (χ1v) is 7.47. The zero-order valence-electron chi connectivity index (χ0n) is 11.3. The van der Waals surface area contributed by atoms with E-state index in [1.807, 2.05) is 45.9 Å². The van der Waals surface area contributed by atoms with Crippen molar-refractivity contribution >= 4 is 32.6 Å². The fraction of sp³-hybridized carbons (Fsp3) is 0.462. The number of hydrogen-bond donors (Lipinski definition) is 0. The highest BCUT2D eigenvalue weighted by atomic mass is 79.9. The van der Waals surface area contributed by atoms with Crippen LogP contribution in [0.25, 0.3) is 0 Å². The molecule has 0 aromatic heterocycles. The van der Waals surface area contributed by atoms with Crippen molar-refractivity contribution in [1.29, 1.82) is 0 Å². The molecule has 0 aliphatic heterocycles. The van der Waals surface area contributed by atoms with E-state index in [1.165, 1.54) is 0 Å². The summed E-state index contributed by atoms with van der Waals surface area (Å²) >= 11 is 3.39. The van der Waals surface area contributed by atoms with E-state index in [1.54, 1.807) is 7.11 Å². The van der Waals surface area contributed by atoms with Gasteiger partial charge in [-0.2, -0.15) is 4.40 Å². The molecule has 1 rings (SSSR count). The molecule has 0 aliphatic carbocycles. The number of nitrogens with zero attached hydrogens (tertiary/aromatic N) is 1. The lowest BCUT2D eigenvalue weighted by Gasteiger charge is -2.15. The molecular weight excluding hydrogens is 314 g/mol. The molecule has 0 heterocycles. The topological polar surface area (TPSA) is 38.7 Å². The van der Waals surface area contributed by atoms with Crippen molar-refractivity contribution in [3.05, 3.63) is 28.2 Å². The summed E-state index contributed by atoms with van der Waals surface area (Å²) in [5, 5.41) is 0. The van der Waals surface area contributed by atoms with Gasteiger partial charge in [-0.25, -0.2) is 4.21 Å².